The predicted molar refractivity (Wildman–Crippen MR) is 85.1 cm³/mol. The van der Waals surface area contributed by atoms with Gasteiger partial charge in [-0.25, -0.2) is 0 Å². The molecule has 110 valence electrons. The van der Waals surface area contributed by atoms with Crippen LogP contribution in [0, 0.1) is 13.8 Å². The van der Waals surface area contributed by atoms with Gasteiger partial charge < -0.3 is 15.4 Å². The zero-order chi connectivity index (χ0) is 15.1. The summed E-state index contributed by atoms with van der Waals surface area (Å²) >= 11 is 4.79. The lowest BCUT2D eigenvalue weighted by atomic mass is 10.1. The van der Waals surface area contributed by atoms with Crippen molar-refractivity contribution in [2.45, 2.75) is 26.7 Å². The summed E-state index contributed by atoms with van der Waals surface area (Å²) in [6.07, 6.45) is 0.899. The summed E-state index contributed by atoms with van der Waals surface area (Å²) < 4.78 is 5.64. The molecule has 4 nitrogen and oxygen atoms in total. The van der Waals surface area contributed by atoms with Gasteiger partial charge >= 0.3 is 0 Å². The Morgan fingerprint density at radius 3 is 2.65 bits per heavy atom. The third kappa shape index (κ3) is 5.57. The number of carbonyl (C=O) groups is 1. The molecule has 0 spiro atoms. The fraction of sp³-hybridized carbons (Fsp3) is 0.467. The van der Waals surface area contributed by atoms with Crippen LogP contribution in [-0.2, 0) is 4.79 Å². The summed E-state index contributed by atoms with van der Waals surface area (Å²) in [6, 6.07) is 6.00. The highest BCUT2D eigenvalue weighted by molar-refractivity contribution is 7.80. The second-order valence-corrected chi connectivity index (χ2v) is 5.42. The molecule has 0 aromatic heterocycles. The Balaban J connectivity index is 2.36. The van der Waals surface area contributed by atoms with E-state index in [1.165, 1.54) is 5.56 Å². The van der Waals surface area contributed by atoms with Crippen molar-refractivity contribution in [2.24, 2.45) is 5.73 Å². The summed E-state index contributed by atoms with van der Waals surface area (Å²) in [6.45, 7) is 4.97. The standard InChI is InChI=1S/C15H22N2O2S/c1-11-4-5-13(12(2)10-11)19-9-7-15(18)17(3)8-6-14(16)20/h4-5,10H,6-9H2,1-3H3,(H2,16,20). The maximum Gasteiger partial charge on any atom is 0.225 e. The zero-order valence-electron chi connectivity index (χ0n) is 12.3. The quantitative estimate of drug-likeness (QED) is 0.783. The molecule has 0 saturated heterocycles. The van der Waals surface area contributed by atoms with Gasteiger partial charge in [0.25, 0.3) is 0 Å². The second kappa shape index (κ2) is 7.85. The molecule has 1 rings (SSSR count). The Morgan fingerprint density at radius 1 is 1.35 bits per heavy atom. The Hall–Kier alpha value is -1.62. The molecule has 5 heteroatoms. The van der Waals surface area contributed by atoms with Crippen LogP contribution in [0.5, 0.6) is 5.75 Å². The summed E-state index contributed by atoms with van der Waals surface area (Å²) in [5.41, 5.74) is 7.69. The number of amides is 1. The molecule has 0 bridgehead atoms. The van der Waals surface area contributed by atoms with E-state index in [1.807, 2.05) is 26.0 Å². The molecular weight excluding hydrogens is 272 g/mol. The van der Waals surface area contributed by atoms with Crippen LogP contribution in [0.15, 0.2) is 18.2 Å². The lowest BCUT2D eigenvalue weighted by Gasteiger charge is -2.17. The number of benzene rings is 1. The van der Waals surface area contributed by atoms with Crippen LogP contribution in [-0.4, -0.2) is 36.0 Å². The number of rotatable bonds is 7. The highest BCUT2D eigenvalue weighted by atomic mass is 32.1. The van der Waals surface area contributed by atoms with Crippen molar-refractivity contribution in [2.75, 3.05) is 20.2 Å². The largest absolute Gasteiger partial charge is 0.493 e. The van der Waals surface area contributed by atoms with E-state index in [4.69, 9.17) is 22.7 Å². The lowest BCUT2D eigenvalue weighted by Crippen LogP contribution is -2.30. The third-order valence-electron chi connectivity index (χ3n) is 3.02. The number of thiocarbonyl (C=S) groups is 1. The molecule has 0 aliphatic carbocycles. The number of aryl methyl sites for hydroxylation is 2. The molecule has 1 aromatic carbocycles. The van der Waals surface area contributed by atoms with Crippen molar-refractivity contribution in [1.82, 2.24) is 4.90 Å². The molecule has 0 heterocycles. The van der Waals surface area contributed by atoms with Crippen molar-refractivity contribution < 1.29 is 9.53 Å². The van der Waals surface area contributed by atoms with E-state index < -0.39 is 0 Å². The van der Waals surface area contributed by atoms with Gasteiger partial charge in [-0.05, 0) is 25.5 Å². The van der Waals surface area contributed by atoms with Gasteiger partial charge in [-0.2, -0.15) is 0 Å². The average molecular weight is 294 g/mol. The topological polar surface area (TPSA) is 55.6 Å². The van der Waals surface area contributed by atoms with Gasteiger partial charge in [-0.3, -0.25) is 4.79 Å². The van der Waals surface area contributed by atoms with Crippen LogP contribution in [0.1, 0.15) is 24.0 Å². The first-order valence-electron chi connectivity index (χ1n) is 6.62. The summed E-state index contributed by atoms with van der Waals surface area (Å²) in [7, 11) is 1.75. The molecule has 1 amide bonds. The fourth-order valence-corrected chi connectivity index (χ4v) is 1.89. The van der Waals surface area contributed by atoms with Crippen LogP contribution in [0.2, 0.25) is 0 Å². The van der Waals surface area contributed by atoms with Crippen LogP contribution >= 0.6 is 12.2 Å². The van der Waals surface area contributed by atoms with Gasteiger partial charge in [0.05, 0.1) is 18.0 Å². The van der Waals surface area contributed by atoms with Crippen molar-refractivity contribution >= 4 is 23.1 Å². The first-order valence-corrected chi connectivity index (χ1v) is 7.03. The number of ether oxygens (including phenoxy) is 1. The molecule has 0 radical (unpaired) electrons. The van der Waals surface area contributed by atoms with Crippen molar-refractivity contribution in [3.05, 3.63) is 29.3 Å². The van der Waals surface area contributed by atoms with Crippen LogP contribution < -0.4 is 10.5 Å². The van der Waals surface area contributed by atoms with Crippen molar-refractivity contribution in [1.29, 1.82) is 0 Å². The minimum atomic E-state index is 0.0333. The Morgan fingerprint density at radius 2 is 2.05 bits per heavy atom. The predicted octanol–water partition coefficient (Wildman–Crippen LogP) is 2.21. The minimum absolute atomic E-state index is 0.0333. The molecule has 0 aliphatic rings. The molecule has 0 atom stereocenters. The highest BCUT2D eigenvalue weighted by Gasteiger charge is 2.09. The van der Waals surface area contributed by atoms with Crippen LogP contribution in [0.3, 0.4) is 0 Å². The Bertz CT molecular complexity index is 489. The minimum Gasteiger partial charge on any atom is -0.493 e. The molecule has 0 aliphatic heterocycles. The molecule has 0 saturated carbocycles. The van der Waals surface area contributed by atoms with E-state index in [9.17, 15) is 4.79 Å². The lowest BCUT2D eigenvalue weighted by molar-refractivity contribution is -0.130. The average Bonchev–Trinajstić information content (AvgIpc) is 2.38. The number of nitrogens with two attached hydrogens (primary N) is 1. The highest BCUT2D eigenvalue weighted by Crippen LogP contribution is 2.18. The number of hydrogen-bond acceptors (Lipinski definition) is 3. The Kier molecular flexibility index (Phi) is 6.45. The van der Waals surface area contributed by atoms with Crippen LogP contribution in [0.4, 0.5) is 0 Å². The van der Waals surface area contributed by atoms with E-state index in [0.29, 0.717) is 31.0 Å². The molecule has 2 N–H and O–H groups in total. The first-order chi connectivity index (χ1) is 9.40. The first kappa shape index (κ1) is 16.4. The molecule has 0 fully saturated rings. The van der Waals surface area contributed by atoms with E-state index >= 15 is 0 Å². The molecule has 1 aromatic rings. The number of hydrogen-bond donors (Lipinski definition) is 1. The van der Waals surface area contributed by atoms with E-state index in [2.05, 4.69) is 6.07 Å². The van der Waals surface area contributed by atoms with Gasteiger partial charge in [-0.1, -0.05) is 29.9 Å². The maximum atomic E-state index is 11.8. The number of nitrogens with zero attached hydrogens (tertiary/aromatic N) is 1. The van der Waals surface area contributed by atoms with Crippen molar-refractivity contribution in [3.8, 4) is 5.75 Å². The zero-order valence-corrected chi connectivity index (χ0v) is 13.1. The normalized spacial score (nSPS) is 10.2. The SMILES string of the molecule is Cc1ccc(OCCC(=O)N(C)CCC(N)=S)c(C)c1. The van der Waals surface area contributed by atoms with Gasteiger partial charge in [0.1, 0.15) is 5.75 Å². The molecule has 20 heavy (non-hydrogen) atoms. The van der Waals surface area contributed by atoms with Gasteiger partial charge in [0.2, 0.25) is 5.91 Å². The fourth-order valence-electron chi connectivity index (χ4n) is 1.80. The van der Waals surface area contributed by atoms with Gasteiger partial charge in [-0.15, -0.1) is 0 Å². The van der Waals surface area contributed by atoms with Gasteiger partial charge in [0.15, 0.2) is 0 Å². The van der Waals surface area contributed by atoms with E-state index in [0.717, 1.165) is 11.3 Å². The number of carbonyl (C=O) groups excluding carboxylic acids is 1. The summed E-state index contributed by atoms with van der Waals surface area (Å²) in [5.74, 6) is 0.861. The Labute approximate surface area is 125 Å². The molecule has 0 unspecified atom stereocenters. The van der Waals surface area contributed by atoms with Crippen molar-refractivity contribution in [3.63, 3.8) is 0 Å². The monoisotopic (exact) mass is 294 g/mol. The van der Waals surface area contributed by atoms with Crippen LogP contribution in [0.25, 0.3) is 0 Å². The second-order valence-electron chi connectivity index (χ2n) is 4.90. The summed E-state index contributed by atoms with van der Waals surface area (Å²) in [5, 5.41) is 0. The van der Waals surface area contributed by atoms with E-state index in [1.54, 1.807) is 11.9 Å². The smallest absolute Gasteiger partial charge is 0.225 e. The maximum absolute atomic E-state index is 11.8. The summed E-state index contributed by atoms with van der Waals surface area (Å²) in [4.78, 5) is 13.9. The van der Waals surface area contributed by atoms with Gasteiger partial charge in [0, 0.05) is 20.0 Å². The molecular formula is C15H22N2O2S. The van der Waals surface area contributed by atoms with E-state index in [-0.39, 0.29) is 5.91 Å². The third-order valence-corrected chi connectivity index (χ3v) is 3.23.